The second-order valence-electron chi connectivity index (χ2n) is 18.1. The number of esters is 1. The minimum absolute atomic E-state index is 0.150. The van der Waals surface area contributed by atoms with Gasteiger partial charge in [0.2, 0.25) is 5.91 Å². The van der Waals surface area contributed by atoms with Crippen LogP contribution in [-0.4, -0.2) is 64.9 Å². The first-order valence-corrected chi connectivity index (χ1v) is 27.9. The number of carbonyl (C=O) groups excluding carboxylic acids is 2. The fourth-order valence-corrected chi connectivity index (χ4v) is 8.41. The topological polar surface area (TPSA) is 169 Å². The highest BCUT2D eigenvalue weighted by atomic mass is 31.2. The summed E-state index contributed by atoms with van der Waals surface area (Å²) in [4.78, 5) is 46.1. The molecule has 0 saturated heterocycles. The highest BCUT2D eigenvalue weighted by Crippen LogP contribution is 2.43. The lowest BCUT2D eigenvalue weighted by Crippen LogP contribution is -2.43. The van der Waals surface area contributed by atoms with E-state index in [1.54, 1.807) is 0 Å². The van der Waals surface area contributed by atoms with E-state index in [1.165, 1.54) is 167 Å². The van der Waals surface area contributed by atoms with Crippen LogP contribution in [0.15, 0.2) is 24.3 Å². The maximum atomic E-state index is 12.4. The van der Waals surface area contributed by atoms with Crippen LogP contribution in [0.2, 0.25) is 0 Å². The number of allylic oxidation sites excluding steroid dienone is 4. The van der Waals surface area contributed by atoms with Crippen LogP contribution in [0, 0.1) is 0 Å². The third kappa shape index (κ3) is 46.5. The zero-order valence-corrected chi connectivity index (χ0v) is 42.0. The Balaban J connectivity index is 3.80. The molecule has 0 fully saturated rings. The molecule has 0 spiro atoms. The average molecular weight is 928 g/mol. The summed E-state index contributed by atoms with van der Waals surface area (Å²) in [7, 11) is -4.76. The highest BCUT2D eigenvalue weighted by molar-refractivity contribution is 7.47. The van der Waals surface area contributed by atoms with Crippen molar-refractivity contribution in [1.82, 2.24) is 5.32 Å². The Labute approximate surface area is 391 Å². The van der Waals surface area contributed by atoms with Crippen LogP contribution in [0.25, 0.3) is 0 Å². The summed E-state index contributed by atoms with van der Waals surface area (Å²) in [5, 5.41) is 21.9. The third-order valence-corrected chi connectivity index (χ3v) is 12.7. The van der Waals surface area contributed by atoms with Gasteiger partial charge in [-0.25, -0.2) is 9.36 Å². The van der Waals surface area contributed by atoms with Gasteiger partial charge in [0.05, 0.1) is 13.2 Å². The Morgan fingerprint density at radius 3 is 1.28 bits per heavy atom. The Morgan fingerprint density at radius 1 is 0.500 bits per heavy atom. The van der Waals surface area contributed by atoms with E-state index in [9.17, 15) is 34.1 Å². The van der Waals surface area contributed by atoms with Gasteiger partial charge in [-0.05, 0) is 44.9 Å². The number of carbonyl (C=O) groups is 3. The Hall–Kier alpha value is -2.04. The Morgan fingerprint density at radius 2 is 0.859 bits per heavy atom. The maximum Gasteiger partial charge on any atom is 0.472 e. The van der Waals surface area contributed by atoms with Crippen LogP contribution in [0.4, 0.5) is 0 Å². The molecule has 0 aromatic carbocycles. The molecule has 0 aromatic rings. The standard InChI is InChI=1S/C52H98NO10P/c1-3-5-7-9-11-13-15-17-19-21-23-24-25-26-27-29-31-33-35-37-39-41-43-50(55)53-49(52(57)58)47-63-64(59,60)62-46-48(54)45-61-51(56)44-42-40-38-36-34-32-30-28-22-20-18-16-14-12-10-8-6-4-2/h14,16,20,22,48-49,54H,3-13,15,17-19,21,23-47H2,1-2H3,(H,53,55)(H,57,58)(H,59,60)/b16-14-,22-20-. The van der Waals surface area contributed by atoms with E-state index in [1.807, 2.05) is 0 Å². The minimum Gasteiger partial charge on any atom is -0.480 e. The molecule has 0 aromatic heterocycles. The second-order valence-corrected chi connectivity index (χ2v) is 19.5. The van der Waals surface area contributed by atoms with Crippen molar-refractivity contribution in [3.8, 4) is 0 Å². The van der Waals surface area contributed by atoms with Gasteiger partial charge in [-0.15, -0.1) is 0 Å². The summed E-state index contributed by atoms with van der Waals surface area (Å²) < 4.78 is 27.0. The molecular weight excluding hydrogens is 830 g/mol. The zero-order valence-electron chi connectivity index (χ0n) is 41.1. The summed E-state index contributed by atoms with van der Waals surface area (Å²) >= 11 is 0. The fraction of sp³-hybridized carbons (Fsp3) is 0.865. The van der Waals surface area contributed by atoms with Crippen LogP contribution < -0.4 is 5.32 Å². The lowest BCUT2D eigenvalue weighted by molar-refractivity contribution is -0.147. The Bertz CT molecular complexity index is 1180. The molecule has 3 atom stereocenters. The largest absolute Gasteiger partial charge is 0.480 e. The molecule has 0 radical (unpaired) electrons. The molecule has 0 heterocycles. The van der Waals surface area contributed by atoms with E-state index in [0.29, 0.717) is 12.8 Å². The van der Waals surface area contributed by atoms with Crippen LogP contribution in [-0.2, 0) is 32.7 Å². The highest BCUT2D eigenvalue weighted by Gasteiger charge is 2.28. The lowest BCUT2D eigenvalue weighted by Gasteiger charge is -2.18. The predicted octanol–water partition coefficient (Wildman–Crippen LogP) is 14.6. The molecule has 1 amide bonds. The van der Waals surface area contributed by atoms with Gasteiger partial charge in [-0.3, -0.25) is 18.6 Å². The van der Waals surface area contributed by atoms with Crippen molar-refractivity contribution in [3.63, 3.8) is 0 Å². The molecule has 12 heteroatoms. The SMILES string of the molecule is CCCCCC/C=C\C/C=C\CCCCCCCCCC(=O)OCC(O)COP(=O)(O)OCC(NC(=O)CCCCCCCCCCCCCCCCCCCCCCCC)C(=O)O. The molecule has 11 nitrogen and oxygen atoms in total. The molecular formula is C52H98NO10P. The van der Waals surface area contributed by atoms with Crippen LogP contribution >= 0.6 is 7.82 Å². The van der Waals surface area contributed by atoms with Gasteiger partial charge < -0.3 is 25.2 Å². The number of hydrogen-bond acceptors (Lipinski definition) is 8. The van der Waals surface area contributed by atoms with Crippen LogP contribution in [0.5, 0.6) is 0 Å². The number of phosphoric acid groups is 1. The molecule has 0 bridgehead atoms. The van der Waals surface area contributed by atoms with Crippen molar-refractivity contribution in [3.05, 3.63) is 24.3 Å². The van der Waals surface area contributed by atoms with Gasteiger partial charge >= 0.3 is 19.8 Å². The molecule has 64 heavy (non-hydrogen) atoms. The molecule has 0 saturated carbocycles. The van der Waals surface area contributed by atoms with E-state index < -0.39 is 57.6 Å². The molecule has 4 N–H and O–H groups in total. The molecule has 0 aliphatic rings. The Kier molecular flexibility index (Phi) is 45.9. The normalized spacial score (nSPS) is 13.7. The van der Waals surface area contributed by atoms with Gasteiger partial charge in [0.15, 0.2) is 6.04 Å². The first kappa shape index (κ1) is 62.0. The number of hydrogen-bond donors (Lipinski definition) is 4. The number of aliphatic hydroxyl groups is 1. The van der Waals surface area contributed by atoms with Crippen molar-refractivity contribution >= 4 is 25.7 Å². The summed E-state index contributed by atoms with van der Waals surface area (Å²) in [6.07, 6.45) is 52.0. The van der Waals surface area contributed by atoms with Crippen molar-refractivity contribution in [2.45, 2.75) is 270 Å². The monoisotopic (exact) mass is 928 g/mol. The van der Waals surface area contributed by atoms with E-state index >= 15 is 0 Å². The summed E-state index contributed by atoms with van der Waals surface area (Å²) in [6.45, 7) is 2.62. The maximum absolute atomic E-state index is 12.4. The first-order valence-electron chi connectivity index (χ1n) is 26.4. The number of ether oxygens (including phenoxy) is 1. The molecule has 0 aliphatic carbocycles. The number of carboxylic acid groups (broad SMARTS) is 1. The number of nitrogens with one attached hydrogen (secondary N) is 1. The van der Waals surface area contributed by atoms with Gasteiger partial charge in [-0.2, -0.15) is 0 Å². The van der Waals surface area contributed by atoms with E-state index in [4.69, 9.17) is 13.8 Å². The fourth-order valence-electron chi connectivity index (χ4n) is 7.64. The van der Waals surface area contributed by atoms with E-state index in [0.717, 1.165) is 51.4 Å². The smallest absolute Gasteiger partial charge is 0.472 e. The summed E-state index contributed by atoms with van der Waals surface area (Å²) in [6, 6.07) is -1.54. The number of rotatable bonds is 50. The van der Waals surface area contributed by atoms with E-state index in [-0.39, 0.29) is 12.8 Å². The average Bonchev–Trinajstić information content (AvgIpc) is 3.27. The molecule has 376 valence electrons. The zero-order chi connectivity index (χ0) is 47.0. The van der Waals surface area contributed by atoms with Gasteiger partial charge in [0.25, 0.3) is 0 Å². The quantitative estimate of drug-likeness (QED) is 0.0199. The minimum atomic E-state index is -4.76. The number of aliphatic carboxylic acids is 1. The van der Waals surface area contributed by atoms with Crippen molar-refractivity contribution in [2.24, 2.45) is 0 Å². The number of unbranched alkanes of at least 4 members (excludes halogenated alkanes) is 32. The van der Waals surface area contributed by atoms with Gasteiger partial charge in [-0.1, -0.05) is 224 Å². The number of carboxylic acids is 1. The first-order chi connectivity index (χ1) is 31.1. The van der Waals surface area contributed by atoms with Gasteiger partial charge in [0.1, 0.15) is 12.7 Å². The van der Waals surface area contributed by atoms with Crippen LogP contribution in [0.1, 0.15) is 258 Å². The second kappa shape index (κ2) is 47.5. The predicted molar refractivity (Wildman–Crippen MR) is 263 cm³/mol. The van der Waals surface area contributed by atoms with Crippen LogP contribution in [0.3, 0.4) is 0 Å². The molecule has 0 rings (SSSR count). The van der Waals surface area contributed by atoms with Crippen molar-refractivity contribution in [2.75, 3.05) is 19.8 Å². The third-order valence-electron chi connectivity index (χ3n) is 11.7. The molecule has 0 aliphatic heterocycles. The summed E-state index contributed by atoms with van der Waals surface area (Å²) in [5.74, 6) is -2.36. The lowest BCUT2D eigenvalue weighted by atomic mass is 10.0. The van der Waals surface area contributed by atoms with E-state index in [2.05, 4.69) is 43.5 Å². The van der Waals surface area contributed by atoms with Crippen molar-refractivity contribution in [1.29, 1.82) is 0 Å². The van der Waals surface area contributed by atoms with Crippen molar-refractivity contribution < 1.29 is 47.8 Å². The summed E-state index contributed by atoms with van der Waals surface area (Å²) in [5.41, 5.74) is 0. The number of phosphoric ester groups is 1. The number of aliphatic hydroxyl groups excluding tert-OH is 1. The number of amides is 1. The molecule has 3 unspecified atom stereocenters. The van der Waals surface area contributed by atoms with Gasteiger partial charge in [0, 0.05) is 12.8 Å².